The van der Waals surface area contributed by atoms with Gasteiger partial charge in [-0.1, -0.05) is 33.3 Å². The summed E-state index contributed by atoms with van der Waals surface area (Å²) >= 11 is 0. The van der Waals surface area contributed by atoms with Crippen LogP contribution in [-0.2, 0) is 30.8 Å². The Kier molecular flexibility index (Phi) is 7.47. The summed E-state index contributed by atoms with van der Waals surface area (Å²) < 4.78 is 3.42. The molecule has 0 saturated carbocycles. The minimum Gasteiger partial charge on any atom is -0.358 e. The molecule has 0 aliphatic rings. The zero-order chi connectivity index (χ0) is 26.0. The molecule has 0 radical (unpaired) electrons. The molecule has 9 heteroatoms. The number of H-pyrrole nitrogens is 2. The van der Waals surface area contributed by atoms with Gasteiger partial charge >= 0.3 is 5.69 Å². The van der Waals surface area contributed by atoms with Crippen LogP contribution in [0.1, 0.15) is 62.7 Å². The maximum absolute atomic E-state index is 12.7. The van der Waals surface area contributed by atoms with Crippen molar-refractivity contribution in [2.24, 2.45) is 5.92 Å². The Hall–Kier alpha value is -3.62. The van der Waals surface area contributed by atoms with Gasteiger partial charge in [-0.15, -0.1) is 0 Å². The number of hydrogen-bond acceptors (Lipinski definition) is 4. The molecule has 4 aromatic rings. The molecule has 0 aliphatic heterocycles. The first-order valence-electron chi connectivity index (χ1n) is 12.8. The van der Waals surface area contributed by atoms with Crippen LogP contribution in [0, 0.1) is 19.8 Å². The maximum atomic E-state index is 12.7. The Morgan fingerprint density at radius 3 is 2.64 bits per heavy atom. The summed E-state index contributed by atoms with van der Waals surface area (Å²) in [5, 5.41) is 4.17. The SMILES string of the molecule is CCCCn1c(=O)[nH]c(=O)c2c1nc(CCC(=O)NCc1ccc3[nH]c(C)c(C)c3c1)n2CC(C)C. The van der Waals surface area contributed by atoms with Crippen LogP contribution in [0.15, 0.2) is 27.8 Å². The summed E-state index contributed by atoms with van der Waals surface area (Å²) in [6, 6.07) is 6.17. The summed E-state index contributed by atoms with van der Waals surface area (Å²) in [5.74, 6) is 0.827. The van der Waals surface area contributed by atoms with Gasteiger partial charge in [-0.2, -0.15) is 0 Å². The molecule has 0 saturated heterocycles. The van der Waals surface area contributed by atoms with E-state index in [9.17, 15) is 14.4 Å². The van der Waals surface area contributed by atoms with Gasteiger partial charge in [-0.05, 0) is 49.4 Å². The van der Waals surface area contributed by atoms with Crippen molar-refractivity contribution in [3.8, 4) is 0 Å². The first kappa shape index (κ1) is 25.5. The van der Waals surface area contributed by atoms with E-state index in [0.717, 1.165) is 29.6 Å². The Labute approximate surface area is 209 Å². The average molecular weight is 493 g/mol. The lowest BCUT2D eigenvalue weighted by Gasteiger charge is -2.12. The number of nitrogens with one attached hydrogen (secondary N) is 3. The minimum atomic E-state index is -0.440. The Balaban J connectivity index is 1.53. The first-order valence-corrected chi connectivity index (χ1v) is 12.8. The zero-order valence-electron chi connectivity index (χ0n) is 21.8. The highest BCUT2D eigenvalue weighted by atomic mass is 16.2. The van der Waals surface area contributed by atoms with Gasteiger partial charge in [-0.25, -0.2) is 9.78 Å². The number of imidazole rings is 1. The summed E-state index contributed by atoms with van der Waals surface area (Å²) in [7, 11) is 0. The molecule has 0 bridgehead atoms. The van der Waals surface area contributed by atoms with Crippen LogP contribution in [0.2, 0.25) is 0 Å². The van der Waals surface area contributed by atoms with E-state index in [1.54, 1.807) is 4.57 Å². The zero-order valence-corrected chi connectivity index (χ0v) is 21.8. The van der Waals surface area contributed by atoms with Crippen molar-refractivity contribution in [2.75, 3.05) is 0 Å². The standard InChI is InChI=1S/C27H36N6O3/c1-6-7-12-32-25-24(26(35)31-27(32)36)33(15-16(2)3)22(30-25)10-11-23(34)28-14-19-8-9-21-20(13-19)17(4)18(5)29-21/h8-9,13,16,29H,6-7,10-12,14-15H2,1-5H3,(H,28,34)(H,31,35,36). The molecular weight excluding hydrogens is 456 g/mol. The normalized spacial score (nSPS) is 11.7. The lowest BCUT2D eigenvalue weighted by molar-refractivity contribution is -0.121. The molecule has 0 unspecified atom stereocenters. The Morgan fingerprint density at radius 1 is 1.14 bits per heavy atom. The second-order valence-corrected chi connectivity index (χ2v) is 10.0. The van der Waals surface area contributed by atoms with E-state index in [1.807, 2.05) is 23.6 Å². The van der Waals surface area contributed by atoms with E-state index in [-0.39, 0.29) is 18.2 Å². The molecule has 0 atom stereocenters. The van der Waals surface area contributed by atoms with Gasteiger partial charge in [0.2, 0.25) is 5.91 Å². The second-order valence-electron chi connectivity index (χ2n) is 10.0. The van der Waals surface area contributed by atoms with Crippen molar-refractivity contribution in [2.45, 2.75) is 79.9 Å². The monoisotopic (exact) mass is 492 g/mol. The van der Waals surface area contributed by atoms with E-state index in [2.05, 4.69) is 49.0 Å². The highest BCUT2D eigenvalue weighted by Gasteiger charge is 2.19. The van der Waals surface area contributed by atoms with Crippen molar-refractivity contribution in [3.05, 3.63) is 61.7 Å². The number of rotatable bonds is 10. The van der Waals surface area contributed by atoms with E-state index in [1.165, 1.54) is 10.9 Å². The molecular formula is C27H36N6O3. The highest BCUT2D eigenvalue weighted by molar-refractivity contribution is 5.85. The number of benzene rings is 1. The molecule has 192 valence electrons. The fourth-order valence-corrected chi connectivity index (χ4v) is 4.63. The predicted molar refractivity (Wildman–Crippen MR) is 142 cm³/mol. The van der Waals surface area contributed by atoms with Crippen LogP contribution >= 0.6 is 0 Å². The third kappa shape index (κ3) is 5.15. The molecule has 0 aliphatic carbocycles. The second kappa shape index (κ2) is 10.6. The third-order valence-electron chi connectivity index (χ3n) is 6.69. The van der Waals surface area contributed by atoms with Crippen molar-refractivity contribution in [1.82, 2.24) is 29.4 Å². The molecule has 0 fully saturated rings. The summed E-state index contributed by atoms with van der Waals surface area (Å²) in [6.07, 6.45) is 2.35. The van der Waals surface area contributed by atoms with Gasteiger partial charge in [0, 0.05) is 49.1 Å². The van der Waals surface area contributed by atoms with Crippen molar-refractivity contribution < 1.29 is 4.79 Å². The summed E-state index contributed by atoms with van der Waals surface area (Å²) in [5.41, 5.74) is 4.43. The number of amides is 1. The van der Waals surface area contributed by atoms with Gasteiger partial charge in [0.15, 0.2) is 11.2 Å². The van der Waals surface area contributed by atoms with E-state index in [0.29, 0.717) is 43.0 Å². The quantitative estimate of drug-likeness (QED) is 0.313. The summed E-state index contributed by atoms with van der Waals surface area (Å²) in [4.78, 5) is 48.5. The number of carbonyl (C=O) groups excluding carboxylic acids is 1. The predicted octanol–water partition coefficient (Wildman–Crippen LogP) is 3.69. The van der Waals surface area contributed by atoms with Crippen LogP contribution in [0.4, 0.5) is 0 Å². The number of aromatic nitrogens is 5. The Bertz CT molecular complexity index is 1520. The lowest BCUT2D eigenvalue weighted by Crippen LogP contribution is -2.31. The van der Waals surface area contributed by atoms with Gasteiger partial charge in [0.1, 0.15) is 5.82 Å². The van der Waals surface area contributed by atoms with Crippen molar-refractivity contribution in [1.29, 1.82) is 0 Å². The van der Waals surface area contributed by atoms with Gasteiger partial charge < -0.3 is 14.9 Å². The van der Waals surface area contributed by atoms with E-state index in [4.69, 9.17) is 4.98 Å². The summed E-state index contributed by atoms with van der Waals surface area (Å²) in [6.45, 7) is 11.8. The van der Waals surface area contributed by atoms with Crippen LogP contribution < -0.4 is 16.6 Å². The highest BCUT2D eigenvalue weighted by Crippen LogP contribution is 2.22. The molecule has 4 rings (SSSR count). The molecule has 3 heterocycles. The number of hydrogen-bond donors (Lipinski definition) is 3. The third-order valence-corrected chi connectivity index (χ3v) is 6.69. The first-order chi connectivity index (χ1) is 17.2. The molecule has 0 spiro atoms. The van der Waals surface area contributed by atoms with Crippen molar-refractivity contribution >= 4 is 28.0 Å². The lowest BCUT2D eigenvalue weighted by atomic mass is 10.1. The minimum absolute atomic E-state index is 0.0856. The van der Waals surface area contributed by atoms with Gasteiger partial charge in [0.05, 0.1) is 0 Å². The number of carbonyl (C=O) groups is 1. The number of aryl methyl sites for hydroxylation is 4. The van der Waals surface area contributed by atoms with Crippen molar-refractivity contribution in [3.63, 3.8) is 0 Å². The smallest absolute Gasteiger partial charge is 0.330 e. The van der Waals surface area contributed by atoms with Gasteiger partial charge in [-0.3, -0.25) is 19.1 Å². The molecule has 1 amide bonds. The fourth-order valence-electron chi connectivity index (χ4n) is 4.63. The molecule has 3 N–H and O–H groups in total. The number of nitrogens with zero attached hydrogens (tertiary/aromatic N) is 3. The van der Waals surface area contributed by atoms with Crippen LogP contribution in [0.5, 0.6) is 0 Å². The average Bonchev–Trinajstić information content (AvgIpc) is 3.32. The van der Waals surface area contributed by atoms with Gasteiger partial charge in [0.25, 0.3) is 5.56 Å². The number of aromatic amines is 2. The molecule has 1 aromatic carbocycles. The largest absolute Gasteiger partial charge is 0.358 e. The molecule has 3 aromatic heterocycles. The fraction of sp³-hybridized carbons (Fsp3) is 0.481. The molecule has 9 nitrogen and oxygen atoms in total. The molecule has 36 heavy (non-hydrogen) atoms. The van der Waals surface area contributed by atoms with E-state index < -0.39 is 11.2 Å². The van der Waals surface area contributed by atoms with Crippen LogP contribution in [-0.4, -0.2) is 30.0 Å². The number of unbranched alkanes of at least 4 members (excludes halogenated alkanes) is 1. The topological polar surface area (TPSA) is 118 Å². The van der Waals surface area contributed by atoms with Crippen LogP contribution in [0.25, 0.3) is 22.1 Å². The van der Waals surface area contributed by atoms with Crippen LogP contribution in [0.3, 0.4) is 0 Å². The Morgan fingerprint density at radius 2 is 1.92 bits per heavy atom. The van der Waals surface area contributed by atoms with E-state index >= 15 is 0 Å². The maximum Gasteiger partial charge on any atom is 0.330 e. The number of fused-ring (bicyclic) bond motifs is 2.